The van der Waals surface area contributed by atoms with E-state index in [1.165, 1.54) is 11.8 Å². The summed E-state index contributed by atoms with van der Waals surface area (Å²) in [4.78, 5) is 16.8. The van der Waals surface area contributed by atoms with Gasteiger partial charge >= 0.3 is 0 Å². The first kappa shape index (κ1) is 21.3. The number of rotatable bonds is 4. The fourth-order valence-corrected chi connectivity index (χ4v) is 3.69. The largest absolute Gasteiger partial charge is 0.490 e. The molecule has 1 amide bonds. The normalized spacial score (nSPS) is 15.5. The third kappa shape index (κ3) is 6.05. The summed E-state index contributed by atoms with van der Waals surface area (Å²) in [6.07, 6.45) is 0.827. The van der Waals surface area contributed by atoms with Crippen LogP contribution in [0.25, 0.3) is 0 Å². The molecule has 2 aliphatic rings. The molecule has 8 nitrogen and oxygen atoms in total. The van der Waals surface area contributed by atoms with Crippen LogP contribution in [-0.4, -0.2) is 54.5 Å². The van der Waals surface area contributed by atoms with Crippen LogP contribution in [0, 0.1) is 0 Å². The first-order valence-electron chi connectivity index (χ1n) is 9.68. The number of fused-ring (bicyclic) bond motifs is 1. The Morgan fingerprint density at radius 3 is 2.77 bits per heavy atom. The Hall–Kier alpha value is -2.91. The van der Waals surface area contributed by atoms with Gasteiger partial charge in [0.05, 0.1) is 19.0 Å². The van der Waals surface area contributed by atoms with Crippen LogP contribution in [0.1, 0.15) is 6.42 Å². The van der Waals surface area contributed by atoms with Crippen LogP contribution < -0.4 is 19.5 Å². The lowest BCUT2D eigenvalue weighted by Crippen LogP contribution is -2.31. The van der Waals surface area contributed by atoms with E-state index in [2.05, 4.69) is 15.4 Å². The maximum absolute atomic E-state index is 12.4. The van der Waals surface area contributed by atoms with Crippen molar-refractivity contribution in [2.24, 2.45) is 10.1 Å². The Morgan fingerprint density at radius 2 is 1.97 bits per heavy atom. The van der Waals surface area contributed by atoms with E-state index in [1.807, 2.05) is 7.05 Å². The molecule has 0 bridgehead atoms. The van der Waals surface area contributed by atoms with E-state index in [0.29, 0.717) is 58.8 Å². The highest BCUT2D eigenvalue weighted by molar-refractivity contribution is 8.14. The number of anilines is 1. The number of ether oxygens (including phenoxy) is 3. The summed E-state index contributed by atoms with van der Waals surface area (Å²) < 4.78 is 17.1. The molecule has 2 heterocycles. The standard InChI is InChI=1S/C21H21ClN4O4S/c1-26-12-20(30-16-6-3-14(22)4-7-16)24-21(25-26)31-13-19(27)23-15-5-8-17-18(11-15)29-10-2-9-28-17/h3-8,11H,2,9-10,12-13H2,1H3,(H,23,27). The zero-order valence-corrected chi connectivity index (χ0v) is 18.4. The lowest BCUT2D eigenvalue weighted by atomic mass is 10.2. The number of amides is 1. The lowest BCUT2D eigenvalue weighted by molar-refractivity contribution is -0.113. The van der Waals surface area contributed by atoms with Crippen LogP contribution in [0.5, 0.6) is 17.2 Å². The number of hydrogen-bond acceptors (Lipinski definition) is 8. The SMILES string of the molecule is CN1CC(Oc2ccc(Cl)cc2)=NC(SCC(=O)Nc2ccc3c(c2)OCCCO3)=N1. The van der Waals surface area contributed by atoms with Gasteiger partial charge in [-0.1, -0.05) is 23.4 Å². The van der Waals surface area contributed by atoms with Crippen molar-refractivity contribution >= 4 is 46.0 Å². The molecule has 0 radical (unpaired) electrons. The number of aliphatic imine (C=N–C) groups is 1. The summed E-state index contributed by atoms with van der Waals surface area (Å²) in [7, 11) is 1.82. The summed E-state index contributed by atoms with van der Waals surface area (Å²) in [6.45, 7) is 1.64. The summed E-state index contributed by atoms with van der Waals surface area (Å²) in [5, 5.41) is 10.00. The number of nitrogens with zero attached hydrogens (tertiary/aromatic N) is 3. The van der Waals surface area contributed by atoms with E-state index >= 15 is 0 Å². The van der Waals surface area contributed by atoms with Gasteiger partial charge in [-0.25, -0.2) is 0 Å². The van der Waals surface area contributed by atoms with E-state index in [-0.39, 0.29) is 11.7 Å². The molecule has 0 fully saturated rings. The van der Waals surface area contributed by atoms with E-state index in [1.54, 1.807) is 47.5 Å². The molecular formula is C21H21ClN4O4S. The predicted molar refractivity (Wildman–Crippen MR) is 123 cm³/mol. The Morgan fingerprint density at radius 1 is 1.19 bits per heavy atom. The van der Waals surface area contributed by atoms with Crippen molar-refractivity contribution in [3.05, 3.63) is 47.5 Å². The zero-order chi connectivity index (χ0) is 21.6. The summed E-state index contributed by atoms with van der Waals surface area (Å²) in [5.74, 6) is 2.42. The van der Waals surface area contributed by atoms with Gasteiger partial charge in [0, 0.05) is 30.2 Å². The molecule has 0 aromatic heterocycles. The van der Waals surface area contributed by atoms with Crippen molar-refractivity contribution in [2.45, 2.75) is 6.42 Å². The maximum atomic E-state index is 12.4. The van der Waals surface area contributed by atoms with Gasteiger partial charge in [0.25, 0.3) is 0 Å². The van der Waals surface area contributed by atoms with Crippen LogP contribution in [0.15, 0.2) is 52.6 Å². The second kappa shape index (κ2) is 9.93. The number of likely N-dealkylation sites (N-methyl/N-ethyl adjacent to an activating group) is 1. The quantitative estimate of drug-likeness (QED) is 0.745. The fourth-order valence-electron chi connectivity index (χ4n) is 2.86. The average Bonchev–Trinajstić information content (AvgIpc) is 2.99. The first-order valence-corrected chi connectivity index (χ1v) is 11.0. The molecule has 0 unspecified atom stereocenters. The number of nitrogens with one attached hydrogen (secondary N) is 1. The summed E-state index contributed by atoms with van der Waals surface area (Å²) in [5.41, 5.74) is 0.646. The van der Waals surface area contributed by atoms with Gasteiger partial charge in [0.15, 0.2) is 11.5 Å². The van der Waals surface area contributed by atoms with Gasteiger partial charge < -0.3 is 19.5 Å². The van der Waals surface area contributed by atoms with Crippen molar-refractivity contribution in [1.82, 2.24) is 5.01 Å². The second-order valence-electron chi connectivity index (χ2n) is 6.81. The lowest BCUT2D eigenvalue weighted by Gasteiger charge is -2.20. The third-order valence-corrected chi connectivity index (χ3v) is 5.34. The van der Waals surface area contributed by atoms with E-state index in [9.17, 15) is 4.79 Å². The second-order valence-corrected chi connectivity index (χ2v) is 8.19. The van der Waals surface area contributed by atoms with Crippen molar-refractivity contribution in [3.8, 4) is 17.2 Å². The molecule has 2 aliphatic heterocycles. The number of hydrogen-bond donors (Lipinski definition) is 1. The molecule has 0 atom stereocenters. The van der Waals surface area contributed by atoms with Gasteiger partial charge in [-0.05, 0) is 36.4 Å². The Bertz CT molecular complexity index is 1010. The number of halogens is 1. The van der Waals surface area contributed by atoms with E-state index < -0.39 is 0 Å². The smallest absolute Gasteiger partial charge is 0.234 e. The van der Waals surface area contributed by atoms with Crippen LogP contribution >= 0.6 is 23.4 Å². The molecule has 0 saturated carbocycles. The van der Waals surface area contributed by atoms with Crippen LogP contribution in [0.2, 0.25) is 5.02 Å². The molecular weight excluding hydrogens is 440 g/mol. The number of carbonyl (C=O) groups excluding carboxylic acids is 1. The topological polar surface area (TPSA) is 84.8 Å². The fraction of sp³-hybridized carbons (Fsp3) is 0.286. The van der Waals surface area contributed by atoms with Crippen LogP contribution in [0.4, 0.5) is 5.69 Å². The average molecular weight is 461 g/mol. The minimum atomic E-state index is -0.175. The van der Waals surface area contributed by atoms with Gasteiger partial charge in [-0.15, -0.1) is 5.10 Å². The van der Waals surface area contributed by atoms with E-state index in [4.69, 9.17) is 25.8 Å². The molecule has 2 aromatic carbocycles. The molecule has 0 spiro atoms. The molecule has 4 rings (SSSR count). The van der Waals surface area contributed by atoms with E-state index in [0.717, 1.165) is 6.42 Å². The van der Waals surface area contributed by atoms with Crippen molar-refractivity contribution in [1.29, 1.82) is 0 Å². The van der Waals surface area contributed by atoms with Crippen LogP contribution in [-0.2, 0) is 4.79 Å². The zero-order valence-electron chi connectivity index (χ0n) is 16.8. The Labute approximate surface area is 189 Å². The number of benzene rings is 2. The van der Waals surface area contributed by atoms with Crippen molar-refractivity contribution < 1.29 is 19.0 Å². The molecule has 162 valence electrons. The number of hydrazone groups is 1. The minimum Gasteiger partial charge on any atom is -0.490 e. The molecule has 2 aromatic rings. The number of thioether (sulfide) groups is 1. The Kier molecular flexibility index (Phi) is 6.83. The minimum absolute atomic E-state index is 0.152. The molecule has 0 saturated heterocycles. The molecule has 10 heteroatoms. The van der Waals surface area contributed by atoms with Crippen molar-refractivity contribution in [2.75, 3.05) is 37.9 Å². The maximum Gasteiger partial charge on any atom is 0.234 e. The molecule has 0 aliphatic carbocycles. The van der Waals surface area contributed by atoms with Gasteiger partial charge in [-0.3, -0.25) is 9.80 Å². The van der Waals surface area contributed by atoms with Gasteiger partial charge in [-0.2, -0.15) is 4.99 Å². The van der Waals surface area contributed by atoms with Crippen molar-refractivity contribution in [3.63, 3.8) is 0 Å². The number of carbonyl (C=O) groups is 1. The highest BCUT2D eigenvalue weighted by atomic mass is 35.5. The van der Waals surface area contributed by atoms with Gasteiger partial charge in [0.2, 0.25) is 17.0 Å². The molecule has 31 heavy (non-hydrogen) atoms. The first-order chi connectivity index (χ1) is 15.0. The van der Waals surface area contributed by atoms with Crippen LogP contribution in [0.3, 0.4) is 0 Å². The third-order valence-electron chi connectivity index (χ3n) is 4.25. The summed E-state index contributed by atoms with van der Waals surface area (Å²) >= 11 is 7.13. The molecule has 1 N–H and O–H groups in total. The Balaban J connectivity index is 1.33. The number of amidine groups is 1. The monoisotopic (exact) mass is 460 g/mol. The highest BCUT2D eigenvalue weighted by Crippen LogP contribution is 2.32. The van der Waals surface area contributed by atoms with Gasteiger partial charge in [0.1, 0.15) is 12.3 Å². The highest BCUT2D eigenvalue weighted by Gasteiger charge is 2.17. The summed E-state index contributed by atoms with van der Waals surface area (Å²) in [6, 6.07) is 12.4. The predicted octanol–water partition coefficient (Wildman–Crippen LogP) is 3.87.